The predicted molar refractivity (Wildman–Crippen MR) is 95.2 cm³/mol. The monoisotopic (exact) mass is 330 g/mol. The molecule has 1 aromatic carbocycles. The standard InChI is InChI=1S/C18H22N2O2S/c1-2-3-4-7-12-19-17(21)14-9-5-6-10-15(14)20-18(22)16-11-8-13-23-16/h5-6,8-11,13H,2-4,7,12H2,1H3,(H,19,21)(H,20,22). The summed E-state index contributed by atoms with van der Waals surface area (Å²) in [6.07, 6.45) is 4.45. The van der Waals surface area contributed by atoms with Crippen molar-refractivity contribution >= 4 is 28.8 Å². The molecule has 0 aliphatic carbocycles. The second-order valence-corrected chi connectivity index (χ2v) is 6.24. The maximum Gasteiger partial charge on any atom is 0.265 e. The van der Waals surface area contributed by atoms with Crippen LogP contribution in [0.15, 0.2) is 41.8 Å². The van der Waals surface area contributed by atoms with Crippen LogP contribution < -0.4 is 10.6 Å². The molecule has 0 saturated heterocycles. The minimum atomic E-state index is -0.191. The number of benzene rings is 1. The molecule has 5 heteroatoms. The van der Waals surface area contributed by atoms with Gasteiger partial charge in [0, 0.05) is 6.54 Å². The van der Waals surface area contributed by atoms with Gasteiger partial charge < -0.3 is 10.6 Å². The first kappa shape index (κ1) is 17.2. The van der Waals surface area contributed by atoms with E-state index in [1.807, 2.05) is 17.5 Å². The molecule has 0 spiro atoms. The van der Waals surface area contributed by atoms with Gasteiger partial charge in [0.05, 0.1) is 16.1 Å². The van der Waals surface area contributed by atoms with Crippen molar-refractivity contribution in [2.24, 2.45) is 0 Å². The normalized spacial score (nSPS) is 10.3. The number of rotatable bonds is 8. The number of thiophene rings is 1. The topological polar surface area (TPSA) is 58.2 Å². The molecule has 2 rings (SSSR count). The molecule has 2 aromatic rings. The molecule has 0 aliphatic rings. The maximum atomic E-state index is 12.3. The smallest absolute Gasteiger partial charge is 0.265 e. The maximum absolute atomic E-state index is 12.3. The lowest BCUT2D eigenvalue weighted by Crippen LogP contribution is -2.26. The Labute approximate surface area is 140 Å². The molecule has 2 N–H and O–H groups in total. The Morgan fingerprint density at radius 2 is 1.83 bits per heavy atom. The number of hydrogen-bond donors (Lipinski definition) is 2. The number of para-hydroxylation sites is 1. The highest BCUT2D eigenvalue weighted by atomic mass is 32.1. The van der Waals surface area contributed by atoms with Gasteiger partial charge >= 0.3 is 0 Å². The van der Waals surface area contributed by atoms with Crippen molar-refractivity contribution in [3.63, 3.8) is 0 Å². The summed E-state index contributed by atoms with van der Waals surface area (Å²) in [6, 6.07) is 10.7. The number of unbranched alkanes of at least 4 members (excludes halogenated alkanes) is 3. The summed E-state index contributed by atoms with van der Waals surface area (Å²) in [5, 5.41) is 7.58. The molecule has 1 aromatic heterocycles. The van der Waals surface area contributed by atoms with Crippen LogP contribution in [0.4, 0.5) is 5.69 Å². The van der Waals surface area contributed by atoms with E-state index >= 15 is 0 Å². The van der Waals surface area contributed by atoms with E-state index in [0.717, 1.165) is 12.8 Å². The van der Waals surface area contributed by atoms with E-state index in [1.54, 1.807) is 24.3 Å². The number of nitrogens with one attached hydrogen (secondary N) is 2. The summed E-state index contributed by atoms with van der Waals surface area (Å²) in [7, 11) is 0. The Balaban J connectivity index is 1.96. The van der Waals surface area contributed by atoms with Crippen molar-refractivity contribution in [2.45, 2.75) is 32.6 Å². The molecule has 0 atom stereocenters. The molecule has 1 heterocycles. The zero-order valence-corrected chi connectivity index (χ0v) is 14.1. The number of anilines is 1. The quantitative estimate of drug-likeness (QED) is 0.709. The van der Waals surface area contributed by atoms with Crippen LogP contribution in [-0.2, 0) is 0 Å². The summed E-state index contributed by atoms with van der Waals surface area (Å²) in [5.41, 5.74) is 1.03. The zero-order valence-electron chi connectivity index (χ0n) is 13.3. The van der Waals surface area contributed by atoms with E-state index in [0.29, 0.717) is 22.7 Å². The Kier molecular flexibility index (Phi) is 6.81. The SMILES string of the molecule is CCCCCCNC(=O)c1ccccc1NC(=O)c1cccs1. The Hall–Kier alpha value is -2.14. The first-order valence-corrected chi connectivity index (χ1v) is 8.82. The van der Waals surface area contributed by atoms with Crippen LogP contribution >= 0.6 is 11.3 Å². The predicted octanol–water partition coefficient (Wildman–Crippen LogP) is 4.31. The molecule has 0 bridgehead atoms. The number of hydrogen-bond acceptors (Lipinski definition) is 3. The van der Waals surface area contributed by atoms with Crippen LogP contribution in [0.3, 0.4) is 0 Å². The van der Waals surface area contributed by atoms with Gasteiger partial charge in [-0.3, -0.25) is 9.59 Å². The van der Waals surface area contributed by atoms with Crippen LogP contribution in [0.25, 0.3) is 0 Å². The van der Waals surface area contributed by atoms with E-state index in [2.05, 4.69) is 17.6 Å². The summed E-state index contributed by atoms with van der Waals surface area (Å²) < 4.78 is 0. The van der Waals surface area contributed by atoms with Gasteiger partial charge in [-0.1, -0.05) is 44.4 Å². The highest BCUT2D eigenvalue weighted by Crippen LogP contribution is 2.18. The van der Waals surface area contributed by atoms with E-state index in [1.165, 1.54) is 24.2 Å². The Bertz CT molecular complexity index is 638. The highest BCUT2D eigenvalue weighted by Gasteiger charge is 2.14. The van der Waals surface area contributed by atoms with Gasteiger partial charge in [0.15, 0.2) is 0 Å². The van der Waals surface area contributed by atoms with Crippen molar-refractivity contribution in [3.8, 4) is 0 Å². The molecule has 0 saturated carbocycles. The lowest BCUT2D eigenvalue weighted by atomic mass is 10.1. The second kappa shape index (κ2) is 9.10. The Morgan fingerprint density at radius 1 is 1.00 bits per heavy atom. The third-order valence-electron chi connectivity index (χ3n) is 3.48. The van der Waals surface area contributed by atoms with Crippen molar-refractivity contribution in [1.82, 2.24) is 5.32 Å². The third-order valence-corrected chi connectivity index (χ3v) is 4.35. The fraction of sp³-hybridized carbons (Fsp3) is 0.333. The van der Waals surface area contributed by atoms with E-state index in [4.69, 9.17) is 0 Å². The first-order chi connectivity index (χ1) is 11.2. The molecular formula is C18H22N2O2S. The summed E-state index contributed by atoms with van der Waals surface area (Å²) in [6.45, 7) is 2.82. The molecule has 0 radical (unpaired) electrons. The van der Waals surface area contributed by atoms with Gasteiger partial charge in [-0.25, -0.2) is 0 Å². The molecule has 23 heavy (non-hydrogen) atoms. The molecule has 0 unspecified atom stereocenters. The minimum Gasteiger partial charge on any atom is -0.352 e. The Morgan fingerprint density at radius 3 is 2.57 bits per heavy atom. The number of carbonyl (C=O) groups excluding carboxylic acids is 2. The molecular weight excluding hydrogens is 308 g/mol. The van der Waals surface area contributed by atoms with E-state index in [-0.39, 0.29) is 11.8 Å². The summed E-state index contributed by atoms with van der Waals surface area (Å²) >= 11 is 1.37. The van der Waals surface area contributed by atoms with Crippen LogP contribution in [0, 0.1) is 0 Å². The van der Waals surface area contributed by atoms with Crippen molar-refractivity contribution in [2.75, 3.05) is 11.9 Å². The van der Waals surface area contributed by atoms with Crippen molar-refractivity contribution in [1.29, 1.82) is 0 Å². The fourth-order valence-corrected chi connectivity index (χ4v) is 2.85. The minimum absolute atomic E-state index is 0.149. The summed E-state index contributed by atoms with van der Waals surface area (Å²) in [5.74, 6) is -0.341. The van der Waals surface area contributed by atoms with Gasteiger partial charge in [-0.2, -0.15) is 0 Å². The van der Waals surface area contributed by atoms with Crippen LogP contribution in [0.2, 0.25) is 0 Å². The third kappa shape index (κ3) is 5.21. The van der Waals surface area contributed by atoms with E-state index < -0.39 is 0 Å². The fourth-order valence-electron chi connectivity index (χ4n) is 2.23. The lowest BCUT2D eigenvalue weighted by Gasteiger charge is -2.11. The van der Waals surface area contributed by atoms with Crippen LogP contribution in [0.1, 0.15) is 52.6 Å². The number of carbonyl (C=O) groups is 2. The first-order valence-electron chi connectivity index (χ1n) is 7.94. The van der Waals surface area contributed by atoms with Gasteiger partial charge in [-0.15, -0.1) is 11.3 Å². The van der Waals surface area contributed by atoms with Crippen LogP contribution in [0.5, 0.6) is 0 Å². The van der Waals surface area contributed by atoms with Crippen molar-refractivity contribution < 1.29 is 9.59 Å². The van der Waals surface area contributed by atoms with Crippen molar-refractivity contribution in [3.05, 3.63) is 52.2 Å². The molecule has 122 valence electrons. The van der Waals surface area contributed by atoms with Gasteiger partial charge in [0.25, 0.3) is 11.8 Å². The van der Waals surface area contributed by atoms with Gasteiger partial charge in [0.1, 0.15) is 0 Å². The lowest BCUT2D eigenvalue weighted by molar-refractivity contribution is 0.0954. The second-order valence-electron chi connectivity index (χ2n) is 5.29. The molecule has 2 amide bonds. The molecule has 4 nitrogen and oxygen atoms in total. The number of amides is 2. The average Bonchev–Trinajstić information content (AvgIpc) is 3.09. The zero-order chi connectivity index (χ0) is 16.5. The summed E-state index contributed by atoms with van der Waals surface area (Å²) in [4.78, 5) is 25.1. The average molecular weight is 330 g/mol. The van der Waals surface area contributed by atoms with Crippen LogP contribution in [-0.4, -0.2) is 18.4 Å². The van der Waals surface area contributed by atoms with E-state index in [9.17, 15) is 9.59 Å². The molecule has 0 aliphatic heterocycles. The molecule has 0 fully saturated rings. The largest absolute Gasteiger partial charge is 0.352 e. The van der Waals surface area contributed by atoms with Gasteiger partial charge in [-0.05, 0) is 30.0 Å². The highest BCUT2D eigenvalue weighted by molar-refractivity contribution is 7.12. The van der Waals surface area contributed by atoms with Gasteiger partial charge in [0.2, 0.25) is 0 Å².